The van der Waals surface area contributed by atoms with Crippen molar-refractivity contribution in [2.45, 2.75) is 18.9 Å². The molecule has 2 aliphatic heterocycles. The Morgan fingerprint density at radius 2 is 2.12 bits per heavy atom. The first-order valence-corrected chi connectivity index (χ1v) is 8.08. The third-order valence-corrected chi connectivity index (χ3v) is 4.97. The first kappa shape index (κ1) is 15.7. The van der Waals surface area contributed by atoms with Gasteiger partial charge in [-0.1, -0.05) is 5.16 Å². The molecule has 1 spiro atoms. The molecular weight excluding hydrogens is 326 g/mol. The number of carbonyl (C=O) groups is 2. The number of amides is 2. The van der Waals surface area contributed by atoms with Gasteiger partial charge >= 0.3 is 6.09 Å². The molecule has 1 atom stereocenters. The average Bonchev–Trinajstić information content (AvgIpc) is 3.32. The number of carbonyl (C=O) groups excluding carboxylic acids is 2. The summed E-state index contributed by atoms with van der Waals surface area (Å²) in [6.07, 6.45) is 1.97. The maximum Gasteiger partial charge on any atom is 0.410 e. The van der Waals surface area contributed by atoms with Gasteiger partial charge in [-0.2, -0.15) is 5.10 Å². The molecule has 25 heavy (non-hydrogen) atoms. The fourth-order valence-corrected chi connectivity index (χ4v) is 3.43. The van der Waals surface area contributed by atoms with Crippen molar-refractivity contribution in [3.05, 3.63) is 23.7 Å². The van der Waals surface area contributed by atoms with Gasteiger partial charge in [0.15, 0.2) is 17.1 Å². The zero-order chi connectivity index (χ0) is 17.8. The van der Waals surface area contributed by atoms with Crippen LogP contribution in [0.4, 0.5) is 4.79 Å². The molecule has 0 aromatic carbocycles. The Balaban J connectivity index is 1.51. The van der Waals surface area contributed by atoms with Crippen molar-refractivity contribution >= 4 is 12.0 Å². The van der Waals surface area contributed by atoms with Crippen LogP contribution >= 0.6 is 0 Å². The van der Waals surface area contributed by atoms with Gasteiger partial charge in [0, 0.05) is 38.8 Å². The zero-order valence-electron chi connectivity index (χ0n) is 14.4. The lowest BCUT2D eigenvalue weighted by Crippen LogP contribution is -2.39. The van der Waals surface area contributed by atoms with E-state index in [4.69, 9.17) is 9.26 Å². The van der Waals surface area contributed by atoms with Crippen molar-refractivity contribution in [1.82, 2.24) is 24.7 Å². The van der Waals surface area contributed by atoms with Crippen LogP contribution in [0.2, 0.25) is 0 Å². The number of likely N-dealkylation sites (tertiary alicyclic amines) is 1. The Morgan fingerprint density at radius 1 is 1.32 bits per heavy atom. The molecule has 0 bridgehead atoms. The highest BCUT2D eigenvalue weighted by molar-refractivity contribution is 5.93. The third-order valence-electron chi connectivity index (χ3n) is 4.97. The van der Waals surface area contributed by atoms with Gasteiger partial charge in [0.2, 0.25) is 0 Å². The number of aromatic nitrogens is 3. The fraction of sp³-hybridized carbons (Fsp3) is 0.500. The average molecular weight is 345 g/mol. The second-order valence-electron chi connectivity index (χ2n) is 6.73. The van der Waals surface area contributed by atoms with Crippen LogP contribution in [0.15, 0.2) is 16.8 Å². The summed E-state index contributed by atoms with van der Waals surface area (Å²) in [6, 6.07) is 1.63. The monoisotopic (exact) mass is 345 g/mol. The fourth-order valence-electron chi connectivity index (χ4n) is 3.43. The van der Waals surface area contributed by atoms with E-state index in [2.05, 4.69) is 10.3 Å². The van der Waals surface area contributed by atoms with Crippen molar-refractivity contribution < 1.29 is 18.8 Å². The summed E-state index contributed by atoms with van der Waals surface area (Å²) in [7, 11) is 3.53. The molecule has 2 amide bonds. The molecule has 132 valence electrons. The number of hydrogen-bond acceptors (Lipinski definition) is 6. The molecule has 4 rings (SSSR count). The zero-order valence-corrected chi connectivity index (χ0v) is 14.4. The molecule has 2 fully saturated rings. The number of likely N-dealkylation sites (N-methyl/N-ethyl adjacent to an activating group) is 1. The topological polar surface area (TPSA) is 93.7 Å². The van der Waals surface area contributed by atoms with Gasteiger partial charge in [-0.05, 0) is 6.92 Å². The quantitative estimate of drug-likeness (QED) is 0.808. The minimum absolute atomic E-state index is 0.223. The van der Waals surface area contributed by atoms with E-state index in [1.807, 2.05) is 14.0 Å². The number of nitrogens with zero attached hydrogens (tertiary/aromatic N) is 5. The van der Waals surface area contributed by atoms with Crippen LogP contribution in [0.25, 0.3) is 11.3 Å². The van der Waals surface area contributed by atoms with Gasteiger partial charge in [-0.15, -0.1) is 0 Å². The summed E-state index contributed by atoms with van der Waals surface area (Å²) in [6.45, 7) is 3.31. The Hall–Kier alpha value is -2.84. The van der Waals surface area contributed by atoms with Gasteiger partial charge in [0.05, 0.1) is 24.8 Å². The van der Waals surface area contributed by atoms with Crippen LogP contribution in [-0.2, 0) is 11.8 Å². The summed E-state index contributed by atoms with van der Waals surface area (Å²) in [4.78, 5) is 27.5. The number of aryl methyl sites for hydroxylation is 1. The van der Waals surface area contributed by atoms with Crippen LogP contribution in [0.5, 0.6) is 0 Å². The second kappa shape index (κ2) is 5.33. The second-order valence-corrected chi connectivity index (χ2v) is 6.73. The van der Waals surface area contributed by atoms with Crippen molar-refractivity contribution in [3.8, 4) is 11.3 Å². The highest BCUT2D eigenvalue weighted by Gasteiger charge is 2.49. The van der Waals surface area contributed by atoms with E-state index in [9.17, 15) is 9.59 Å². The summed E-state index contributed by atoms with van der Waals surface area (Å²) < 4.78 is 12.5. The van der Waals surface area contributed by atoms with Crippen LogP contribution < -0.4 is 0 Å². The predicted molar refractivity (Wildman–Crippen MR) is 85.8 cm³/mol. The Kier molecular flexibility index (Phi) is 3.34. The lowest BCUT2D eigenvalue weighted by atomic mass is 10.0. The van der Waals surface area contributed by atoms with E-state index < -0.39 is 5.60 Å². The molecule has 0 radical (unpaired) electrons. The molecule has 9 heteroatoms. The molecule has 2 saturated heterocycles. The smallest absolute Gasteiger partial charge is 0.410 e. The van der Waals surface area contributed by atoms with Crippen molar-refractivity contribution in [2.75, 3.05) is 26.7 Å². The van der Waals surface area contributed by atoms with E-state index >= 15 is 0 Å². The van der Waals surface area contributed by atoms with Gasteiger partial charge in [-0.3, -0.25) is 9.48 Å². The molecule has 2 aromatic rings. The predicted octanol–water partition coefficient (Wildman–Crippen LogP) is 1.05. The molecule has 0 unspecified atom stereocenters. The van der Waals surface area contributed by atoms with Gasteiger partial charge in [0.25, 0.3) is 5.91 Å². The largest absolute Gasteiger partial charge is 0.439 e. The molecule has 2 aliphatic rings. The first-order valence-electron chi connectivity index (χ1n) is 8.08. The summed E-state index contributed by atoms with van der Waals surface area (Å²) >= 11 is 0. The molecule has 0 N–H and O–H groups in total. The maximum absolute atomic E-state index is 12.7. The van der Waals surface area contributed by atoms with E-state index in [-0.39, 0.29) is 17.7 Å². The Bertz CT molecular complexity index is 857. The molecule has 0 aliphatic carbocycles. The van der Waals surface area contributed by atoms with Gasteiger partial charge < -0.3 is 19.1 Å². The van der Waals surface area contributed by atoms with E-state index in [1.54, 1.807) is 28.9 Å². The molecule has 2 aromatic heterocycles. The first-order chi connectivity index (χ1) is 11.9. The number of rotatable bonds is 2. The van der Waals surface area contributed by atoms with Gasteiger partial charge in [-0.25, -0.2) is 4.79 Å². The SMILES string of the molecule is Cc1c(-c2cc(C(=O)N3CC[C@@]4(CN(C)C(=O)O4)C3)no2)cnn1C. The van der Waals surface area contributed by atoms with Crippen LogP contribution in [0.3, 0.4) is 0 Å². The van der Waals surface area contributed by atoms with Crippen molar-refractivity contribution in [1.29, 1.82) is 0 Å². The Labute approximate surface area is 144 Å². The Morgan fingerprint density at radius 3 is 2.76 bits per heavy atom. The summed E-state index contributed by atoms with van der Waals surface area (Å²) in [5, 5.41) is 8.08. The minimum atomic E-state index is -0.603. The van der Waals surface area contributed by atoms with Crippen LogP contribution in [0, 0.1) is 6.92 Å². The highest BCUT2D eigenvalue weighted by Crippen LogP contribution is 2.32. The molecular formula is C16H19N5O4. The lowest BCUT2D eigenvalue weighted by molar-refractivity contribution is 0.0548. The molecule has 9 nitrogen and oxygen atoms in total. The summed E-state index contributed by atoms with van der Waals surface area (Å²) in [5.41, 5.74) is 1.37. The van der Waals surface area contributed by atoms with Crippen molar-refractivity contribution in [3.63, 3.8) is 0 Å². The minimum Gasteiger partial charge on any atom is -0.439 e. The third kappa shape index (κ3) is 2.46. The lowest BCUT2D eigenvalue weighted by Gasteiger charge is -2.21. The highest BCUT2D eigenvalue weighted by atomic mass is 16.6. The standard InChI is InChI=1S/C16H19N5O4/c1-10-11(7-17-20(10)3)13-6-12(18-25-13)14(22)21-5-4-16(9-21)8-19(2)15(23)24-16/h6-7H,4-5,8-9H2,1-3H3/t16-/m1/s1. The van der Waals surface area contributed by atoms with Gasteiger partial charge in [0.1, 0.15) is 0 Å². The summed E-state index contributed by atoms with van der Waals surface area (Å²) in [5.74, 6) is 0.286. The van der Waals surface area contributed by atoms with Crippen LogP contribution in [-0.4, -0.2) is 69.0 Å². The number of ether oxygens (including phenoxy) is 1. The number of hydrogen-bond donors (Lipinski definition) is 0. The van der Waals surface area contributed by atoms with Crippen molar-refractivity contribution in [2.24, 2.45) is 7.05 Å². The van der Waals surface area contributed by atoms with E-state index in [1.165, 1.54) is 4.90 Å². The molecule has 4 heterocycles. The molecule has 0 saturated carbocycles. The normalized spacial score (nSPS) is 22.9. The maximum atomic E-state index is 12.7. The van der Waals surface area contributed by atoms with E-state index in [0.717, 1.165) is 11.3 Å². The van der Waals surface area contributed by atoms with E-state index in [0.29, 0.717) is 31.8 Å². The van der Waals surface area contributed by atoms with Crippen LogP contribution in [0.1, 0.15) is 22.6 Å².